The van der Waals surface area contributed by atoms with E-state index < -0.39 is 6.10 Å². The Kier molecular flexibility index (Phi) is 3.26. The summed E-state index contributed by atoms with van der Waals surface area (Å²) in [5.41, 5.74) is 1.94. The monoisotopic (exact) mass is 242 g/mol. The van der Waals surface area contributed by atoms with Crippen LogP contribution < -0.4 is 5.32 Å². The lowest BCUT2D eigenvalue weighted by atomic mass is 9.93. The van der Waals surface area contributed by atoms with Gasteiger partial charge in [-0.3, -0.25) is 4.98 Å². The number of hydrogen-bond donors (Lipinski definition) is 2. The minimum atomic E-state index is -0.446. The van der Waals surface area contributed by atoms with E-state index in [0.29, 0.717) is 0 Å². The van der Waals surface area contributed by atoms with Crippen LogP contribution in [0.2, 0.25) is 0 Å². The van der Waals surface area contributed by atoms with Gasteiger partial charge in [0.1, 0.15) is 0 Å². The first-order valence-electron chi connectivity index (χ1n) is 6.61. The van der Waals surface area contributed by atoms with Crippen molar-refractivity contribution in [2.24, 2.45) is 0 Å². The molecule has 3 rings (SSSR count). The number of piperidine rings is 1. The predicted molar refractivity (Wildman–Crippen MR) is 72.3 cm³/mol. The van der Waals surface area contributed by atoms with Gasteiger partial charge < -0.3 is 10.4 Å². The maximum absolute atomic E-state index is 10.6. The van der Waals surface area contributed by atoms with Crippen molar-refractivity contribution in [2.75, 3.05) is 6.54 Å². The fourth-order valence-corrected chi connectivity index (χ4v) is 2.74. The molecule has 0 amide bonds. The van der Waals surface area contributed by atoms with Crippen LogP contribution in [0.1, 0.15) is 30.9 Å². The summed E-state index contributed by atoms with van der Waals surface area (Å²) >= 11 is 0. The van der Waals surface area contributed by atoms with Gasteiger partial charge in [-0.1, -0.05) is 24.6 Å². The van der Waals surface area contributed by atoms with Crippen LogP contribution in [0, 0.1) is 0 Å². The predicted octanol–water partition coefficient (Wildman–Crippen LogP) is 2.41. The highest BCUT2D eigenvalue weighted by molar-refractivity contribution is 5.82. The van der Waals surface area contributed by atoms with Gasteiger partial charge in [-0.15, -0.1) is 0 Å². The molecule has 0 aliphatic carbocycles. The molecular formula is C15H18N2O. The fourth-order valence-electron chi connectivity index (χ4n) is 2.74. The molecule has 0 spiro atoms. The van der Waals surface area contributed by atoms with Gasteiger partial charge in [0.2, 0.25) is 0 Å². The number of pyridine rings is 1. The first-order valence-corrected chi connectivity index (χ1v) is 6.61. The summed E-state index contributed by atoms with van der Waals surface area (Å²) in [5, 5.41) is 15.0. The number of benzene rings is 1. The number of para-hydroxylation sites is 1. The van der Waals surface area contributed by atoms with Gasteiger partial charge in [0.15, 0.2) is 0 Å². The number of hydrogen-bond acceptors (Lipinski definition) is 3. The van der Waals surface area contributed by atoms with E-state index in [4.69, 9.17) is 0 Å². The molecule has 1 aliphatic heterocycles. The van der Waals surface area contributed by atoms with Crippen molar-refractivity contribution in [2.45, 2.75) is 31.4 Å². The largest absolute Gasteiger partial charge is 0.387 e. The number of aliphatic hydroxyl groups is 1. The number of aliphatic hydroxyl groups excluding tert-OH is 1. The van der Waals surface area contributed by atoms with Crippen molar-refractivity contribution >= 4 is 10.9 Å². The van der Waals surface area contributed by atoms with Crippen LogP contribution in [0.5, 0.6) is 0 Å². The van der Waals surface area contributed by atoms with E-state index in [9.17, 15) is 5.11 Å². The molecule has 2 aromatic rings. The highest BCUT2D eigenvalue weighted by Crippen LogP contribution is 2.27. The number of nitrogens with zero attached hydrogens (tertiary/aromatic N) is 1. The molecule has 1 saturated heterocycles. The quantitative estimate of drug-likeness (QED) is 0.850. The number of rotatable bonds is 2. The zero-order valence-electron chi connectivity index (χ0n) is 10.3. The van der Waals surface area contributed by atoms with Gasteiger partial charge in [0.05, 0.1) is 11.6 Å². The Morgan fingerprint density at radius 2 is 2.11 bits per heavy atom. The van der Waals surface area contributed by atoms with Crippen LogP contribution >= 0.6 is 0 Å². The van der Waals surface area contributed by atoms with Crippen molar-refractivity contribution in [3.8, 4) is 0 Å². The Bertz CT molecular complexity index is 530. The molecule has 1 aliphatic rings. The third-order valence-electron chi connectivity index (χ3n) is 3.73. The Balaban J connectivity index is 1.97. The number of fused-ring (bicyclic) bond motifs is 1. The van der Waals surface area contributed by atoms with Gasteiger partial charge in [-0.25, -0.2) is 0 Å². The molecule has 0 saturated carbocycles. The summed E-state index contributed by atoms with van der Waals surface area (Å²) in [6, 6.07) is 10.1. The van der Waals surface area contributed by atoms with Crippen LogP contribution in [-0.4, -0.2) is 22.7 Å². The van der Waals surface area contributed by atoms with E-state index in [1.165, 1.54) is 12.8 Å². The molecule has 2 N–H and O–H groups in total. The lowest BCUT2D eigenvalue weighted by molar-refractivity contribution is 0.115. The second-order valence-corrected chi connectivity index (χ2v) is 4.92. The summed E-state index contributed by atoms with van der Waals surface area (Å²) in [5.74, 6) is 0. The third-order valence-corrected chi connectivity index (χ3v) is 3.73. The average Bonchev–Trinajstić information content (AvgIpc) is 2.47. The van der Waals surface area contributed by atoms with Crippen LogP contribution in [0.25, 0.3) is 10.9 Å². The summed E-state index contributed by atoms with van der Waals surface area (Å²) < 4.78 is 0. The van der Waals surface area contributed by atoms with Crippen molar-refractivity contribution in [3.05, 3.63) is 42.1 Å². The van der Waals surface area contributed by atoms with Crippen LogP contribution in [0.3, 0.4) is 0 Å². The lowest BCUT2D eigenvalue weighted by Crippen LogP contribution is -2.38. The molecule has 0 radical (unpaired) electrons. The van der Waals surface area contributed by atoms with E-state index in [-0.39, 0.29) is 6.04 Å². The highest BCUT2D eigenvalue weighted by Gasteiger charge is 2.23. The molecule has 3 nitrogen and oxygen atoms in total. The van der Waals surface area contributed by atoms with Crippen LogP contribution in [-0.2, 0) is 0 Å². The number of aromatic nitrogens is 1. The van der Waals surface area contributed by atoms with E-state index in [2.05, 4.69) is 10.3 Å². The summed E-state index contributed by atoms with van der Waals surface area (Å²) in [4.78, 5) is 4.34. The molecule has 0 bridgehead atoms. The van der Waals surface area contributed by atoms with Crippen molar-refractivity contribution < 1.29 is 5.11 Å². The van der Waals surface area contributed by atoms with Crippen molar-refractivity contribution in [3.63, 3.8) is 0 Å². The summed E-state index contributed by atoms with van der Waals surface area (Å²) in [6.45, 7) is 1.00. The SMILES string of the molecule is O[C@H](c1ccnc2ccccc12)[C@@H]1CCCCN1. The minimum absolute atomic E-state index is 0.171. The van der Waals surface area contributed by atoms with Gasteiger partial charge in [0.25, 0.3) is 0 Å². The van der Waals surface area contributed by atoms with Crippen molar-refractivity contribution in [1.29, 1.82) is 0 Å². The molecule has 94 valence electrons. The van der Waals surface area contributed by atoms with E-state index in [0.717, 1.165) is 29.4 Å². The molecule has 1 fully saturated rings. The van der Waals surface area contributed by atoms with Crippen molar-refractivity contribution in [1.82, 2.24) is 10.3 Å². The van der Waals surface area contributed by atoms with E-state index >= 15 is 0 Å². The maximum Gasteiger partial charge on any atom is 0.0950 e. The zero-order chi connectivity index (χ0) is 12.4. The molecule has 1 aromatic heterocycles. The Morgan fingerprint density at radius 3 is 2.94 bits per heavy atom. The zero-order valence-corrected chi connectivity index (χ0v) is 10.3. The standard InChI is InChI=1S/C15H18N2O/c18-15(14-7-3-4-9-16-14)12-8-10-17-13-6-2-1-5-11(12)13/h1-2,5-6,8,10,14-16,18H,3-4,7,9H2/t14-,15+/m0/s1. The second-order valence-electron chi connectivity index (χ2n) is 4.92. The average molecular weight is 242 g/mol. The molecule has 1 aromatic carbocycles. The fraction of sp³-hybridized carbons (Fsp3) is 0.400. The topological polar surface area (TPSA) is 45.2 Å². The Hall–Kier alpha value is -1.45. The van der Waals surface area contributed by atoms with Crippen LogP contribution in [0.4, 0.5) is 0 Å². The first-order chi connectivity index (χ1) is 8.86. The third kappa shape index (κ3) is 2.11. The maximum atomic E-state index is 10.6. The van der Waals surface area contributed by atoms with Gasteiger partial charge in [-0.05, 0) is 37.1 Å². The normalized spacial score (nSPS) is 21.9. The van der Waals surface area contributed by atoms with E-state index in [1.807, 2.05) is 30.3 Å². The second kappa shape index (κ2) is 5.04. The first kappa shape index (κ1) is 11.6. The Labute approximate surface area is 107 Å². The highest BCUT2D eigenvalue weighted by atomic mass is 16.3. The molecule has 3 heteroatoms. The molecule has 18 heavy (non-hydrogen) atoms. The van der Waals surface area contributed by atoms with Gasteiger partial charge in [0, 0.05) is 17.6 Å². The summed E-state index contributed by atoms with van der Waals surface area (Å²) in [6.07, 6.45) is 4.78. The summed E-state index contributed by atoms with van der Waals surface area (Å²) in [7, 11) is 0. The van der Waals surface area contributed by atoms with Crippen LogP contribution in [0.15, 0.2) is 36.5 Å². The van der Waals surface area contributed by atoms with E-state index in [1.54, 1.807) is 6.20 Å². The molecular weight excluding hydrogens is 224 g/mol. The van der Waals surface area contributed by atoms with Gasteiger partial charge >= 0.3 is 0 Å². The van der Waals surface area contributed by atoms with Gasteiger partial charge in [-0.2, -0.15) is 0 Å². The molecule has 2 atom stereocenters. The molecule has 2 heterocycles. The smallest absolute Gasteiger partial charge is 0.0950 e. The Morgan fingerprint density at radius 1 is 1.22 bits per heavy atom. The lowest BCUT2D eigenvalue weighted by Gasteiger charge is -2.28. The number of nitrogens with one attached hydrogen (secondary N) is 1. The minimum Gasteiger partial charge on any atom is -0.387 e. The molecule has 0 unspecified atom stereocenters.